The molecule has 2 rings (SSSR count). The van der Waals surface area contributed by atoms with Crippen molar-refractivity contribution in [1.29, 1.82) is 0 Å². The molecule has 0 spiro atoms. The van der Waals surface area contributed by atoms with Crippen molar-refractivity contribution in [2.75, 3.05) is 18.4 Å². The molecule has 0 saturated carbocycles. The first-order valence-corrected chi connectivity index (χ1v) is 7.41. The van der Waals surface area contributed by atoms with Gasteiger partial charge in [0.1, 0.15) is 0 Å². The lowest BCUT2D eigenvalue weighted by atomic mass is 9.82. The van der Waals surface area contributed by atoms with Crippen molar-refractivity contribution in [1.82, 2.24) is 5.32 Å². The van der Waals surface area contributed by atoms with Crippen LogP contribution >= 0.6 is 15.9 Å². The fraction of sp³-hybridized carbons (Fsp3) is 0.500. The smallest absolute Gasteiger partial charge is 0.325 e. The molecule has 1 aromatic rings. The average molecular weight is 365 g/mol. The Morgan fingerprint density at radius 2 is 2.14 bits per heavy atom. The molecule has 1 atom stereocenters. The summed E-state index contributed by atoms with van der Waals surface area (Å²) in [4.78, 5) is 12.3. The number of piperidine rings is 1. The molecular weight excluding hydrogens is 349 g/mol. The van der Waals surface area contributed by atoms with Gasteiger partial charge >= 0.3 is 6.18 Å². The Morgan fingerprint density at radius 1 is 1.43 bits per heavy atom. The maximum Gasteiger partial charge on any atom is 0.418 e. The maximum atomic E-state index is 13.0. The van der Waals surface area contributed by atoms with E-state index in [-0.39, 0.29) is 11.6 Å². The summed E-state index contributed by atoms with van der Waals surface area (Å²) < 4.78 is 39.4. The summed E-state index contributed by atoms with van der Waals surface area (Å²) in [7, 11) is 0. The van der Waals surface area contributed by atoms with Crippen molar-refractivity contribution in [3.05, 3.63) is 28.2 Å². The number of nitrogens with one attached hydrogen (secondary N) is 2. The second-order valence-electron chi connectivity index (χ2n) is 5.48. The molecule has 1 fully saturated rings. The normalized spacial score (nSPS) is 22.9. The van der Waals surface area contributed by atoms with Gasteiger partial charge in [-0.15, -0.1) is 0 Å². The van der Waals surface area contributed by atoms with Crippen molar-refractivity contribution in [3.8, 4) is 0 Å². The predicted molar refractivity (Wildman–Crippen MR) is 78.0 cm³/mol. The molecule has 1 unspecified atom stereocenters. The third kappa shape index (κ3) is 3.77. The number of hydrogen-bond donors (Lipinski definition) is 2. The third-order valence-electron chi connectivity index (χ3n) is 3.68. The van der Waals surface area contributed by atoms with E-state index in [4.69, 9.17) is 0 Å². The zero-order valence-electron chi connectivity index (χ0n) is 11.5. The van der Waals surface area contributed by atoms with Gasteiger partial charge in [0.05, 0.1) is 16.7 Å². The number of rotatable bonds is 2. The lowest BCUT2D eigenvalue weighted by Gasteiger charge is -2.33. The highest BCUT2D eigenvalue weighted by molar-refractivity contribution is 9.10. The second-order valence-corrected chi connectivity index (χ2v) is 6.40. The molecule has 2 N–H and O–H groups in total. The van der Waals surface area contributed by atoms with Crippen LogP contribution in [0, 0.1) is 5.41 Å². The van der Waals surface area contributed by atoms with Crippen LogP contribution in [0.25, 0.3) is 0 Å². The Kier molecular flexibility index (Phi) is 4.63. The quantitative estimate of drug-likeness (QED) is 0.837. The van der Waals surface area contributed by atoms with Gasteiger partial charge in [-0.05, 0) is 44.5 Å². The van der Waals surface area contributed by atoms with E-state index in [1.807, 2.05) is 0 Å². The number of carbonyl (C=O) groups excluding carboxylic acids is 1. The molecule has 7 heteroatoms. The molecule has 1 saturated heterocycles. The molecule has 21 heavy (non-hydrogen) atoms. The van der Waals surface area contributed by atoms with Gasteiger partial charge < -0.3 is 10.6 Å². The molecule has 1 amide bonds. The standard InChI is InChI=1S/C14H16BrF3N2O/c1-13(5-2-6-19-8-13)12(21)20-11-4-3-9(15)7-10(11)14(16,17)18/h3-4,7,19H,2,5-6,8H2,1H3,(H,20,21). The first kappa shape index (κ1) is 16.3. The van der Waals surface area contributed by atoms with Crippen LogP contribution in [0.3, 0.4) is 0 Å². The van der Waals surface area contributed by atoms with E-state index in [2.05, 4.69) is 26.6 Å². The molecule has 0 bridgehead atoms. The highest BCUT2D eigenvalue weighted by Crippen LogP contribution is 2.37. The lowest BCUT2D eigenvalue weighted by molar-refractivity contribution is -0.137. The topological polar surface area (TPSA) is 41.1 Å². The summed E-state index contributed by atoms with van der Waals surface area (Å²) in [5, 5.41) is 5.54. The fourth-order valence-electron chi connectivity index (χ4n) is 2.38. The van der Waals surface area contributed by atoms with Gasteiger partial charge in [0.15, 0.2) is 0 Å². The van der Waals surface area contributed by atoms with Crippen LogP contribution in [0.2, 0.25) is 0 Å². The van der Waals surface area contributed by atoms with Gasteiger partial charge in [-0.3, -0.25) is 4.79 Å². The number of anilines is 1. The third-order valence-corrected chi connectivity index (χ3v) is 4.17. The Balaban J connectivity index is 2.25. The Hall–Kier alpha value is -1.08. The Labute approximate surface area is 129 Å². The number of hydrogen-bond acceptors (Lipinski definition) is 2. The van der Waals surface area contributed by atoms with Crippen molar-refractivity contribution in [3.63, 3.8) is 0 Å². The van der Waals surface area contributed by atoms with E-state index >= 15 is 0 Å². The average Bonchev–Trinajstić information content (AvgIpc) is 2.40. The zero-order valence-corrected chi connectivity index (χ0v) is 13.1. The minimum absolute atomic E-state index is 0.206. The minimum atomic E-state index is -4.52. The van der Waals surface area contributed by atoms with Crippen molar-refractivity contribution in [2.24, 2.45) is 5.41 Å². The molecule has 1 heterocycles. The van der Waals surface area contributed by atoms with Gasteiger partial charge in [0.25, 0.3) is 0 Å². The highest BCUT2D eigenvalue weighted by atomic mass is 79.9. The summed E-state index contributed by atoms with van der Waals surface area (Å²) in [6.45, 7) is 3.06. The van der Waals surface area contributed by atoms with Crippen LogP contribution in [0.15, 0.2) is 22.7 Å². The lowest BCUT2D eigenvalue weighted by Crippen LogP contribution is -2.46. The van der Waals surface area contributed by atoms with E-state index in [1.54, 1.807) is 6.92 Å². The maximum absolute atomic E-state index is 13.0. The van der Waals surface area contributed by atoms with Crippen molar-refractivity contribution >= 4 is 27.5 Å². The minimum Gasteiger partial charge on any atom is -0.325 e. The summed E-state index contributed by atoms with van der Waals surface area (Å²) in [6.07, 6.45) is -3.03. The number of benzene rings is 1. The van der Waals surface area contributed by atoms with E-state index in [9.17, 15) is 18.0 Å². The van der Waals surface area contributed by atoms with Crippen LogP contribution in [-0.2, 0) is 11.0 Å². The van der Waals surface area contributed by atoms with Gasteiger partial charge in [0.2, 0.25) is 5.91 Å². The number of carbonyl (C=O) groups is 1. The number of alkyl halides is 3. The van der Waals surface area contributed by atoms with Crippen LogP contribution in [0.1, 0.15) is 25.3 Å². The summed E-state index contributed by atoms with van der Waals surface area (Å²) in [6, 6.07) is 3.72. The molecule has 1 aliphatic rings. The van der Waals surface area contributed by atoms with E-state index in [0.29, 0.717) is 17.4 Å². The summed E-state index contributed by atoms with van der Waals surface area (Å²) in [5.41, 5.74) is -1.74. The van der Waals surface area contributed by atoms with E-state index in [0.717, 1.165) is 19.0 Å². The highest BCUT2D eigenvalue weighted by Gasteiger charge is 2.38. The SMILES string of the molecule is CC1(C(=O)Nc2ccc(Br)cc2C(F)(F)F)CCCNC1. The molecular formula is C14H16BrF3N2O. The molecule has 1 aromatic carbocycles. The van der Waals surface area contributed by atoms with Crippen LogP contribution in [-0.4, -0.2) is 19.0 Å². The Morgan fingerprint density at radius 3 is 2.71 bits per heavy atom. The van der Waals surface area contributed by atoms with Crippen LogP contribution < -0.4 is 10.6 Å². The Bertz CT molecular complexity index is 540. The molecule has 3 nitrogen and oxygen atoms in total. The van der Waals surface area contributed by atoms with Crippen LogP contribution in [0.4, 0.5) is 18.9 Å². The first-order valence-electron chi connectivity index (χ1n) is 6.61. The zero-order chi connectivity index (χ0) is 15.7. The number of halogens is 4. The van der Waals surface area contributed by atoms with Gasteiger partial charge in [-0.1, -0.05) is 15.9 Å². The molecule has 0 aromatic heterocycles. The monoisotopic (exact) mass is 364 g/mol. The van der Waals surface area contributed by atoms with Crippen molar-refractivity contribution in [2.45, 2.75) is 25.9 Å². The molecule has 0 radical (unpaired) electrons. The van der Waals surface area contributed by atoms with Crippen molar-refractivity contribution < 1.29 is 18.0 Å². The van der Waals surface area contributed by atoms with Gasteiger partial charge in [-0.2, -0.15) is 13.2 Å². The summed E-state index contributed by atoms with van der Waals surface area (Å²) in [5.74, 6) is -0.387. The predicted octanol–water partition coefficient (Wildman–Crippen LogP) is 3.80. The van der Waals surface area contributed by atoms with E-state index < -0.39 is 17.2 Å². The van der Waals surface area contributed by atoms with Crippen LogP contribution in [0.5, 0.6) is 0 Å². The van der Waals surface area contributed by atoms with E-state index in [1.165, 1.54) is 12.1 Å². The van der Waals surface area contributed by atoms with Gasteiger partial charge in [-0.25, -0.2) is 0 Å². The second kappa shape index (κ2) is 5.96. The van der Waals surface area contributed by atoms with Gasteiger partial charge in [0, 0.05) is 11.0 Å². The number of amides is 1. The first-order chi connectivity index (χ1) is 9.72. The molecule has 0 aliphatic carbocycles. The molecule has 1 aliphatic heterocycles. The fourth-order valence-corrected chi connectivity index (χ4v) is 2.74. The molecule has 116 valence electrons. The largest absolute Gasteiger partial charge is 0.418 e. The summed E-state index contributed by atoms with van der Waals surface area (Å²) >= 11 is 3.02.